The molecule has 0 amide bonds. The fourth-order valence-corrected chi connectivity index (χ4v) is 3.95. The molecule has 2 aromatic carbocycles. The zero-order valence-corrected chi connectivity index (χ0v) is 18.6. The second-order valence-electron chi connectivity index (χ2n) is 7.91. The first-order valence-corrected chi connectivity index (χ1v) is 11.1. The molecule has 33 heavy (non-hydrogen) atoms. The van der Waals surface area contributed by atoms with Crippen LogP contribution >= 0.6 is 0 Å². The number of anilines is 2. The summed E-state index contributed by atoms with van der Waals surface area (Å²) in [5.74, 6) is 1.18. The van der Waals surface area contributed by atoms with Crippen LogP contribution in [0.1, 0.15) is 37.0 Å². The number of carbonyl (C=O) groups excluding carboxylic acids is 1. The normalized spacial score (nSPS) is 15.2. The van der Waals surface area contributed by atoms with Crippen molar-refractivity contribution < 1.29 is 19.4 Å². The fourth-order valence-electron chi connectivity index (χ4n) is 3.95. The summed E-state index contributed by atoms with van der Waals surface area (Å²) in [6.45, 7) is 3.51. The van der Waals surface area contributed by atoms with Gasteiger partial charge in [-0.05, 0) is 43.0 Å². The third kappa shape index (κ3) is 5.23. The maximum absolute atomic E-state index is 12.0. The summed E-state index contributed by atoms with van der Waals surface area (Å²) in [5.41, 5.74) is 8.26. The van der Waals surface area contributed by atoms with E-state index < -0.39 is 6.10 Å². The Labute approximate surface area is 193 Å². The van der Waals surface area contributed by atoms with Crippen LogP contribution < -0.4 is 15.4 Å². The Bertz CT molecular complexity index is 1070. The molecule has 1 unspecified atom stereocenters. The van der Waals surface area contributed by atoms with Crippen molar-refractivity contribution in [1.29, 1.82) is 0 Å². The molecule has 172 valence electrons. The molecule has 0 saturated carbocycles. The van der Waals surface area contributed by atoms with Crippen molar-refractivity contribution in [3.05, 3.63) is 72.1 Å². The maximum atomic E-state index is 12.0. The number of hydrogen-bond donors (Lipinski definition) is 2. The summed E-state index contributed by atoms with van der Waals surface area (Å²) < 4.78 is 11.1. The lowest BCUT2D eigenvalue weighted by molar-refractivity contribution is -0.148. The van der Waals surface area contributed by atoms with E-state index in [0.717, 1.165) is 11.1 Å². The molecule has 1 saturated heterocycles. The lowest BCUT2D eigenvalue weighted by atomic mass is 9.97. The number of aliphatic hydroxyl groups excluding tert-OH is 1. The minimum atomic E-state index is -0.714. The number of ether oxygens (including phenoxy) is 2. The Balaban J connectivity index is 1.42. The molecule has 1 fully saturated rings. The monoisotopic (exact) mass is 448 g/mol. The number of nitrogens with two attached hydrogens (primary N) is 1. The van der Waals surface area contributed by atoms with Gasteiger partial charge in [0.15, 0.2) is 5.82 Å². The van der Waals surface area contributed by atoms with E-state index in [9.17, 15) is 9.90 Å². The summed E-state index contributed by atoms with van der Waals surface area (Å²) in [6, 6.07) is 16.6. The molecule has 0 bridgehead atoms. The Morgan fingerprint density at radius 3 is 2.42 bits per heavy atom. The predicted octanol–water partition coefficient (Wildman–Crippen LogP) is 3.71. The highest BCUT2D eigenvalue weighted by atomic mass is 16.5. The standard InChI is InChI=1S/C25H28N4O4/c1-2-32-25(31)19-12-14-29(15-13-19)23-21(26)24(28-16-27-23)33-20-10-8-18(9-11-20)22(30)17-6-4-3-5-7-17/h3-11,16,19,22,30H,2,12-15,26H2,1H3. The maximum Gasteiger partial charge on any atom is 0.309 e. The molecule has 0 radical (unpaired) electrons. The lowest BCUT2D eigenvalue weighted by Gasteiger charge is -2.32. The van der Waals surface area contributed by atoms with E-state index >= 15 is 0 Å². The number of aromatic nitrogens is 2. The molecule has 1 aliphatic heterocycles. The Morgan fingerprint density at radius 2 is 1.76 bits per heavy atom. The van der Waals surface area contributed by atoms with E-state index in [2.05, 4.69) is 9.97 Å². The molecule has 1 atom stereocenters. The number of esters is 1. The second-order valence-corrected chi connectivity index (χ2v) is 7.91. The number of nitrogen functional groups attached to an aromatic ring is 1. The zero-order valence-electron chi connectivity index (χ0n) is 18.6. The molecule has 0 spiro atoms. The molecule has 8 heteroatoms. The highest BCUT2D eigenvalue weighted by molar-refractivity contribution is 5.73. The van der Waals surface area contributed by atoms with E-state index in [1.165, 1.54) is 6.33 Å². The molecule has 3 aromatic rings. The van der Waals surface area contributed by atoms with Crippen molar-refractivity contribution in [2.24, 2.45) is 5.92 Å². The van der Waals surface area contributed by atoms with Crippen LogP contribution in [0.25, 0.3) is 0 Å². The SMILES string of the molecule is CCOC(=O)C1CCN(c2ncnc(Oc3ccc(C(O)c4ccccc4)cc3)c2N)CC1. The van der Waals surface area contributed by atoms with Gasteiger partial charge in [0.25, 0.3) is 0 Å². The van der Waals surface area contributed by atoms with Crippen molar-refractivity contribution in [2.75, 3.05) is 30.3 Å². The van der Waals surface area contributed by atoms with E-state index in [4.69, 9.17) is 15.2 Å². The third-order valence-corrected chi connectivity index (χ3v) is 5.77. The Morgan fingerprint density at radius 1 is 1.09 bits per heavy atom. The molecule has 2 heterocycles. The van der Waals surface area contributed by atoms with Gasteiger partial charge in [0, 0.05) is 13.1 Å². The average Bonchev–Trinajstić information content (AvgIpc) is 2.86. The number of carbonyl (C=O) groups is 1. The average molecular weight is 449 g/mol. The first-order chi connectivity index (χ1) is 16.1. The lowest BCUT2D eigenvalue weighted by Crippen LogP contribution is -2.37. The van der Waals surface area contributed by atoms with Crippen LogP contribution in [0.4, 0.5) is 11.5 Å². The topological polar surface area (TPSA) is 111 Å². The van der Waals surface area contributed by atoms with Gasteiger partial charge in [0.05, 0.1) is 12.5 Å². The van der Waals surface area contributed by atoms with Gasteiger partial charge in [-0.2, -0.15) is 4.98 Å². The minimum Gasteiger partial charge on any atom is -0.466 e. The van der Waals surface area contributed by atoms with Gasteiger partial charge in [0.1, 0.15) is 23.9 Å². The van der Waals surface area contributed by atoms with Crippen LogP contribution in [-0.2, 0) is 9.53 Å². The van der Waals surface area contributed by atoms with E-state index in [-0.39, 0.29) is 17.8 Å². The predicted molar refractivity (Wildman–Crippen MR) is 125 cm³/mol. The number of benzene rings is 2. The molecule has 1 aliphatic rings. The van der Waals surface area contributed by atoms with E-state index in [1.54, 1.807) is 12.1 Å². The van der Waals surface area contributed by atoms with Crippen molar-refractivity contribution in [3.63, 3.8) is 0 Å². The first-order valence-electron chi connectivity index (χ1n) is 11.1. The summed E-state index contributed by atoms with van der Waals surface area (Å²) in [7, 11) is 0. The number of piperidine rings is 1. The van der Waals surface area contributed by atoms with Gasteiger partial charge in [0.2, 0.25) is 5.88 Å². The van der Waals surface area contributed by atoms with E-state index in [0.29, 0.717) is 49.8 Å². The van der Waals surface area contributed by atoms with Crippen LogP contribution in [0.15, 0.2) is 60.9 Å². The van der Waals surface area contributed by atoms with Crippen LogP contribution in [-0.4, -0.2) is 40.7 Å². The quantitative estimate of drug-likeness (QED) is 0.526. The van der Waals surface area contributed by atoms with Gasteiger partial charge >= 0.3 is 5.97 Å². The van der Waals surface area contributed by atoms with Crippen LogP contribution in [0.3, 0.4) is 0 Å². The fraction of sp³-hybridized carbons (Fsp3) is 0.320. The Hall–Kier alpha value is -3.65. The Kier molecular flexibility index (Phi) is 7.04. The first kappa shape index (κ1) is 22.5. The molecule has 0 aliphatic carbocycles. The minimum absolute atomic E-state index is 0.0928. The van der Waals surface area contributed by atoms with Gasteiger partial charge in [-0.1, -0.05) is 42.5 Å². The van der Waals surface area contributed by atoms with Crippen LogP contribution in [0.5, 0.6) is 11.6 Å². The third-order valence-electron chi connectivity index (χ3n) is 5.77. The van der Waals surface area contributed by atoms with Gasteiger partial charge in [-0.25, -0.2) is 4.98 Å². The van der Waals surface area contributed by atoms with Crippen molar-refractivity contribution in [1.82, 2.24) is 9.97 Å². The summed E-state index contributed by atoms with van der Waals surface area (Å²) in [6.07, 6.45) is 2.08. The summed E-state index contributed by atoms with van der Waals surface area (Å²) in [4.78, 5) is 22.6. The molecular weight excluding hydrogens is 420 g/mol. The van der Waals surface area contributed by atoms with E-state index in [1.807, 2.05) is 54.3 Å². The largest absolute Gasteiger partial charge is 0.466 e. The van der Waals surface area contributed by atoms with Crippen molar-refractivity contribution >= 4 is 17.5 Å². The number of rotatable bonds is 7. The molecule has 1 aromatic heterocycles. The molecule has 4 rings (SSSR count). The van der Waals surface area contributed by atoms with Crippen LogP contribution in [0.2, 0.25) is 0 Å². The number of hydrogen-bond acceptors (Lipinski definition) is 8. The van der Waals surface area contributed by atoms with Gasteiger partial charge < -0.3 is 25.2 Å². The smallest absolute Gasteiger partial charge is 0.309 e. The van der Waals surface area contributed by atoms with Gasteiger partial charge in [-0.15, -0.1) is 0 Å². The number of aliphatic hydroxyl groups is 1. The molecular formula is C25H28N4O4. The number of nitrogens with zero attached hydrogens (tertiary/aromatic N) is 3. The zero-order chi connectivity index (χ0) is 23.2. The van der Waals surface area contributed by atoms with Crippen molar-refractivity contribution in [2.45, 2.75) is 25.9 Å². The highest BCUT2D eigenvalue weighted by Crippen LogP contribution is 2.34. The second kappa shape index (κ2) is 10.3. The van der Waals surface area contributed by atoms with Crippen LogP contribution in [0, 0.1) is 5.92 Å². The molecule has 3 N–H and O–H groups in total. The highest BCUT2D eigenvalue weighted by Gasteiger charge is 2.28. The summed E-state index contributed by atoms with van der Waals surface area (Å²) in [5, 5.41) is 10.6. The molecule has 8 nitrogen and oxygen atoms in total. The van der Waals surface area contributed by atoms with Gasteiger partial charge in [-0.3, -0.25) is 4.79 Å². The summed E-state index contributed by atoms with van der Waals surface area (Å²) >= 11 is 0. The van der Waals surface area contributed by atoms with Crippen molar-refractivity contribution in [3.8, 4) is 11.6 Å².